The highest BCUT2D eigenvalue weighted by Gasteiger charge is 2.37. The number of hydrogen-bond donors (Lipinski definition) is 1. The van der Waals surface area contributed by atoms with Gasteiger partial charge in [-0.2, -0.15) is 0 Å². The van der Waals surface area contributed by atoms with Gasteiger partial charge in [0.25, 0.3) is 0 Å². The van der Waals surface area contributed by atoms with Crippen molar-refractivity contribution in [3.63, 3.8) is 0 Å². The molecule has 1 atom stereocenters. The number of rotatable bonds is 5. The number of piperidine rings is 1. The fourth-order valence-electron chi connectivity index (χ4n) is 3.12. The van der Waals surface area contributed by atoms with Crippen molar-refractivity contribution in [1.29, 1.82) is 0 Å². The van der Waals surface area contributed by atoms with Crippen molar-refractivity contribution < 1.29 is 9.59 Å². The van der Waals surface area contributed by atoms with Gasteiger partial charge >= 0.3 is 0 Å². The van der Waals surface area contributed by atoms with E-state index in [1.54, 1.807) is 0 Å². The van der Waals surface area contributed by atoms with Crippen LogP contribution >= 0.6 is 0 Å². The van der Waals surface area contributed by atoms with Gasteiger partial charge in [0.05, 0.1) is 5.92 Å². The second kappa shape index (κ2) is 7.22. The van der Waals surface area contributed by atoms with Gasteiger partial charge in [0.2, 0.25) is 11.8 Å². The molecule has 6 nitrogen and oxygen atoms in total. The number of hydrogen-bond acceptors (Lipinski definition) is 4. The van der Waals surface area contributed by atoms with Crippen LogP contribution in [0.15, 0.2) is 0 Å². The standard InChI is InChI=1S/C15H28N4O2/c1-16-13-4-6-18(7-5-13)15(21)12-10-14(20)19(11-12)9-8-17(2)3/h12-13,16H,4-11H2,1-3H3. The number of carbonyl (C=O) groups is 2. The highest BCUT2D eigenvalue weighted by atomic mass is 16.2. The number of nitrogens with one attached hydrogen (secondary N) is 1. The van der Waals surface area contributed by atoms with Gasteiger partial charge < -0.3 is 20.0 Å². The SMILES string of the molecule is CNC1CCN(C(=O)C2CC(=O)N(CCN(C)C)C2)CC1. The molecule has 0 radical (unpaired) electrons. The summed E-state index contributed by atoms with van der Waals surface area (Å²) in [5.74, 6) is 0.163. The molecule has 120 valence electrons. The van der Waals surface area contributed by atoms with Crippen molar-refractivity contribution in [2.45, 2.75) is 25.3 Å². The molecule has 0 aromatic carbocycles. The van der Waals surface area contributed by atoms with E-state index in [1.165, 1.54) is 0 Å². The third-order valence-corrected chi connectivity index (χ3v) is 4.60. The minimum absolute atomic E-state index is 0.125. The van der Waals surface area contributed by atoms with E-state index in [2.05, 4.69) is 10.2 Å². The normalized spacial score (nSPS) is 24.2. The fourth-order valence-corrected chi connectivity index (χ4v) is 3.12. The lowest BCUT2D eigenvalue weighted by molar-refractivity contribution is -0.136. The summed E-state index contributed by atoms with van der Waals surface area (Å²) in [6.45, 7) is 3.79. The Morgan fingerprint density at radius 3 is 2.57 bits per heavy atom. The fraction of sp³-hybridized carbons (Fsp3) is 0.867. The van der Waals surface area contributed by atoms with E-state index < -0.39 is 0 Å². The van der Waals surface area contributed by atoms with Crippen molar-refractivity contribution in [2.75, 3.05) is 53.9 Å². The number of nitrogens with zero attached hydrogens (tertiary/aromatic N) is 3. The first kappa shape index (κ1) is 16.2. The van der Waals surface area contributed by atoms with Gasteiger partial charge in [-0.25, -0.2) is 0 Å². The van der Waals surface area contributed by atoms with Gasteiger partial charge in [0.15, 0.2) is 0 Å². The molecule has 0 aliphatic carbocycles. The van der Waals surface area contributed by atoms with E-state index in [-0.39, 0.29) is 17.7 Å². The molecule has 0 spiro atoms. The summed E-state index contributed by atoms with van der Waals surface area (Å²) in [5.41, 5.74) is 0. The Kier molecular flexibility index (Phi) is 5.58. The lowest BCUT2D eigenvalue weighted by Gasteiger charge is -2.33. The Bertz CT molecular complexity index is 378. The quantitative estimate of drug-likeness (QED) is 0.750. The van der Waals surface area contributed by atoms with Crippen LogP contribution in [0.5, 0.6) is 0 Å². The molecule has 21 heavy (non-hydrogen) atoms. The van der Waals surface area contributed by atoms with Crippen LogP contribution in [0.25, 0.3) is 0 Å². The Morgan fingerprint density at radius 2 is 2.00 bits per heavy atom. The Hall–Kier alpha value is -1.14. The number of likely N-dealkylation sites (N-methyl/N-ethyl adjacent to an activating group) is 1. The summed E-state index contributed by atoms with van der Waals surface area (Å²) in [4.78, 5) is 30.4. The van der Waals surface area contributed by atoms with Crippen LogP contribution in [0.1, 0.15) is 19.3 Å². The zero-order valence-electron chi connectivity index (χ0n) is 13.5. The maximum atomic E-state index is 12.5. The number of amides is 2. The first-order chi connectivity index (χ1) is 10.0. The lowest BCUT2D eigenvalue weighted by atomic mass is 10.0. The third-order valence-electron chi connectivity index (χ3n) is 4.60. The van der Waals surface area contributed by atoms with E-state index >= 15 is 0 Å². The monoisotopic (exact) mass is 296 g/mol. The van der Waals surface area contributed by atoms with E-state index in [9.17, 15) is 9.59 Å². The van der Waals surface area contributed by atoms with E-state index in [0.717, 1.165) is 39.0 Å². The molecule has 2 rings (SSSR count). The van der Waals surface area contributed by atoms with Crippen LogP contribution in [0.3, 0.4) is 0 Å². The highest BCUT2D eigenvalue weighted by molar-refractivity contribution is 5.89. The largest absolute Gasteiger partial charge is 0.342 e. The Labute approximate surface area is 127 Å². The summed E-state index contributed by atoms with van der Waals surface area (Å²) in [5, 5.41) is 3.27. The summed E-state index contributed by atoms with van der Waals surface area (Å²) < 4.78 is 0. The predicted octanol–water partition coefficient (Wildman–Crippen LogP) is -0.393. The van der Waals surface area contributed by atoms with Crippen LogP contribution in [-0.4, -0.2) is 86.4 Å². The summed E-state index contributed by atoms with van der Waals surface area (Å²) in [6.07, 6.45) is 2.40. The molecule has 0 aromatic rings. The van der Waals surface area contributed by atoms with Gasteiger partial charge in [0.1, 0.15) is 0 Å². The second-order valence-corrected chi connectivity index (χ2v) is 6.43. The molecule has 2 heterocycles. The minimum Gasteiger partial charge on any atom is -0.342 e. The summed E-state index contributed by atoms with van der Waals surface area (Å²) in [6, 6.07) is 0.524. The molecule has 2 amide bonds. The first-order valence-corrected chi connectivity index (χ1v) is 7.89. The van der Waals surface area contributed by atoms with Crippen LogP contribution in [-0.2, 0) is 9.59 Å². The molecular weight excluding hydrogens is 268 g/mol. The molecule has 1 N–H and O–H groups in total. The molecule has 2 fully saturated rings. The topological polar surface area (TPSA) is 55.9 Å². The molecular formula is C15H28N4O2. The van der Waals surface area contributed by atoms with Crippen molar-refractivity contribution in [2.24, 2.45) is 5.92 Å². The maximum absolute atomic E-state index is 12.5. The van der Waals surface area contributed by atoms with Gasteiger partial charge in [-0.3, -0.25) is 9.59 Å². The molecule has 2 saturated heterocycles. The third kappa shape index (κ3) is 4.17. The van der Waals surface area contributed by atoms with Gasteiger partial charge in [-0.1, -0.05) is 0 Å². The Morgan fingerprint density at radius 1 is 1.33 bits per heavy atom. The lowest BCUT2D eigenvalue weighted by Crippen LogP contribution is -2.46. The zero-order chi connectivity index (χ0) is 15.4. The van der Waals surface area contributed by atoms with Crippen molar-refractivity contribution in [3.8, 4) is 0 Å². The van der Waals surface area contributed by atoms with Gasteiger partial charge in [-0.15, -0.1) is 0 Å². The Balaban J connectivity index is 1.82. The zero-order valence-corrected chi connectivity index (χ0v) is 13.5. The molecule has 1 unspecified atom stereocenters. The molecule has 0 aromatic heterocycles. The van der Waals surface area contributed by atoms with Crippen LogP contribution in [0, 0.1) is 5.92 Å². The molecule has 2 aliphatic heterocycles. The summed E-state index contributed by atoms with van der Waals surface area (Å²) in [7, 11) is 5.96. The molecule has 2 aliphatic rings. The van der Waals surface area contributed by atoms with Gasteiger partial charge in [0, 0.05) is 45.2 Å². The second-order valence-electron chi connectivity index (χ2n) is 6.43. The average Bonchev–Trinajstić information content (AvgIpc) is 2.85. The average molecular weight is 296 g/mol. The van der Waals surface area contributed by atoms with Crippen molar-refractivity contribution >= 4 is 11.8 Å². The minimum atomic E-state index is -0.134. The van der Waals surface area contributed by atoms with Gasteiger partial charge in [-0.05, 0) is 34.0 Å². The highest BCUT2D eigenvalue weighted by Crippen LogP contribution is 2.22. The smallest absolute Gasteiger partial charge is 0.227 e. The molecule has 6 heteroatoms. The number of likely N-dealkylation sites (tertiary alicyclic amines) is 2. The number of carbonyl (C=O) groups excluding carboxylic acids is 2. The summed E-state index contributed by atoms with van der Waals surface area (Å²) >= 11 is 0. The maximum Gasteiger partial charge on any atom is 0.227 e. The molecule has 0 bridgehead atoms. The predicted molar refractivity (Wildman–Crippen MR) is 81.9 cm³/mol. The first-order valence-electron chi connectivity index (χ1n) is 7.89. The molecule has 0 saturated carbocycles. The van der Waals surface area contributed by atoms with E-state index in [1.807, 2.05) is 30.9 Å². The van der Waals surface area contributed by atoms with E-state index in [4.69, 9.17) is 0 Å². The van der Waals surface area contributed by atoms with Crippen LogP contribution in [0.2, 0.25) is 0 Å². The van der Waals surface area contributed by atoms with Crippen molar-refractivity contribution in [1.82, 2.24) is 20.0 Å². The van der Waals surface area contributed by atoms with E-state index in [0.29, 0.717) is 19.0 Å². The van der Waals surface area contributed by atoms with Crippen LogP contribution < -0.4 is 5.32 Å². The van der Waals surface area contributed by atoms with Crippen LogP contribution in [0.4, 0.5) is 0 Å². The van der Waals surface area contributed by atoms with Crippen molar-refractivity contribution in [3.05, 3.63) is 0 Å².